The van der Waals surface area contributed by atoms with Gasteiger partial charge in [0.1, 0.15) is 0 Å². The number of benzene rings is 2. The van der Waals surface area contributed by atoms with Crippen molar-refractivity contribution in [3.8, 4) is 0 Å². The molecule has 1 N–H and O–H groups in total. The molecule has 6 nitrogen and oxygen atoms in total. The fourth-order valence-electron chi connectivity index (χ4n) is 4.46. The van der Waals surface area contributed by atoms with E-state index in [0.717, 1.165) is 86.0 Å². The van der Waals surface area contributed by atoms with E-state index in [9.17, 15) is 4.79 Å². The van der Waals surface area contributed by atoms with Crippen molar-refractivity contribution in [1.82, 2.24) is 19.4 Å². The number of hydrogen-bond donors (Lipinski definition) is 1. The van der Waals surface area contributed by atoms with Gasteiger partial charge in [-0.25, -0.2) is 4.98 Å². The molecule has 0 aliphatic rings. The summed E-state index contributed by atoms with van der Waals surface area (Å²) in [4.78, 5) is 22.8. The number of nitrogens with zero attached hydrogens (tertiary/aromatic N) is 4. The van der Waals surface area contributed by atoms with Crippen LogP contribution in [0.25, 0.3) is 11.0 Å². The summed E-state index contributed by atoms with van der Waals surface area (Å²) in [5.74, 6) is 2.10. The van der Waals surface area contributed by atoms with Gasteiger partial charge in [-0.1, -0.05) is 51.4 Å². The van der Waals surface area contributed by atoms with Crippen molar-refractivity contribution in [3.63, 3.8) is 0 Å². The molecule has 0 saturated carbocycles. The van der Waals surface area contributed by atoms with Crippen LogP contribution in [0.4, 0.5) is 5.95 Å². The van der Waals surface area contributed by atoms with Gasteiger partial charge >= 0.3 is 0 Å². The minimum absolute atomic E-state index is 0.117. The first-order valence-electron chi connectivity index (χ1n) is 14.1. The molecule has 1 aromatic heterocycles. The summed E-state index contributed by atoms with van der Waals surface area (Å²) < 4.78 is 2.24. The van der Waals surface area contributed by atoms with Crippen LogP contribution in [0.2, 0.25) is 5.02 Å². The third-order valence-electron chi connectivity index (χ3n) is 6.83. The number of anilines is 1. The largest absolute Gasteiger partial charge is 0.355 e. The van der Waals surface area contributed by atoms with Crippen molar-refractivity contribution in [2.45, 2.75) is 59.9 Å². The van der Waals surface area contributed by atoms with Gasteiger partial charge in [-0.05, 0) is 94.1 Å². The molecule has 208 valence electrons. The van der Waals surface area contributed by atoms with Crippen LogP contribution in [0.15, 0.2) is 42.5 Å². The van der Waals surface area contributed by atoms with E-state index in [2.05, 4.69) is 68.7 Å². The molecule has 0 saturated heterocycles. The second-order valence-corrected chi connectivity index (χ2v) is 11.8. The summed E-state index contributed by atoms with van der Waals surface area (Å²) in [5, 5.41) is 4.30. The Hall–Kier alpha value is -2.57. The third kappa shape index (κ3) is 9.02. The second-order valence-electron chi connectivity index (χ2n) is 11.4. The number of imidazole rings is 1. The molecule has 38 heavy (non-hydrogen) atoms. The zero-order valence-electron chi connectivity index (χ0n) is 24.1. The summed E-state index contributed by atoms with van der Waals surface area (Å²) in [6.07, 6.45) is 3.90. The van der Waals surface area contributed by atoms with Gasteiger partial charge in [0.15, 0.2) is 0 Å². The van der Waals surface area contributed by atoms with Gasteiger partial charge in [-0.3, -0.25) is 4.79 Å². The van der Waals surface area contributed by atoms with Crippen LogP contribution in [-0.2, 0) is 13.0 Å². The van der Waals surface area contributed by atoms with Crippen LogP contribution < -0.4 is 5.32 Å². The predicted molar refractivity (Wildman–Crippen MR) is 161 cm³/mol. The second kappa shape index (κ2) is 14.5. The summed E-state index contributed by atoms with van der Waals surface area (Å²) in [6, 6.07) is 14.0. The lowest BCUT2D eigenvalue weighted by Gasteiger charge is -2.24. The number of carbonyl (C=O) groups excluding carboxylic acids is 1. The van der Waals surface area contributed by atoms with Crippen LogP contribution in [0.5, 0.6) is 0 Å². The lowest BCUT2D eigenvalue weighted by Crippen LogP contribution is -2.34. The Bertz CT molecular complexity index is 1140. The van der Waals surface area contributed by atoms with Crippen molar-refractivity contribution in [3.05, 3.63) is 58.6 Å². The molecular weight excluding hydrogens is 494 g/mol. The molecule has 0 bridgehead atoms. The monoisotopic (exact) mass is 539 g/mol. The molecule has 0 fully saturated rings. The Kier molecular flexibility index (Phi) is 11.5. The molecule has 1 amide bonds. The van der Waals surface area contributed by atoms with E-state index >= 15 is 0 Å². The van der Waals surface area contributed by atoms with Gasteiger partial charge in [-0.2, -0.15) is 0 Å². The van der Waals surface area contributed by atoms with Crippen molar-refractivity contribution in [2.24, 2.45) is 11.8 Å². The maximum atomic E-state index is 13.7. The number of halogens is 1. The Morgan fingerprint density at radius 2 is 1.63 bits per heavy atom. The van der Waals surface area contributed by atoms with Crippen molar-refractivity contribution in [2.75, 3.05) is 45.6 Å². The first kappa shape index (κ1) is 30.0. The average Bonchev–Trinajstić information content (AvgIpc) is 3.21. The minimum Gasteiger partial charge on any atom is -0.355 e. The van der Waals surface area contributed by atoms with Gasteiger partial charge in [0.2, 0.25) is 5.95 Å². The van der Waals surface area contributed by atoms with Gasteiger partial charge < -0.3 is 19.7 Å². The molecule has 3 rings (SSSR count). The summed E-state index contributed by atoms with van der Waals surface area (Å²) in [7, 11) is 4.19. The van der Waals surface area contributed by atoms with Crippen LogP contribution in [-0.4, -0.2) is 65.5 Å². The smallest absolute Gasteiger partial charge is 0.253 e. The number of amides is 1. The van der Waals surface area contributed by atoms with Crippen LogP contribution in [0.1, 0.15) is 62.9 Å². The third-order valence-corrected chi connectivity index (χ3v) is 7.08. The van der Waals surface area contributed by atoms with E-state index in [1.165, 1.54) is 5.56 Å². The number of nitrogens with one attached hydrogen (secondary N) is 1. The molecular formula is C31H46ClN5O. The highest BCUT2D eigenvalue weighted by molar-refractivity contribution is 6.30. The molecule has 0 aliphatic heterocycles. The standard InChI is InChI=1S/C31H46ClN5O/c1-23(2)15-20-36(21-16-24(3)4)30(38)26-10-13-28-29(22-26)37(19-7-18-35(5)6)31(34-28)33-17-14-25-8-11-27(32)12-9-25/h8-13,22-24H,7,14-21H2,1-6H3,(H,33,34). The Morgan fingerprint density at radius 3 is 2.24 bits per heavy atom. The molecule has 0 radical (unpaired) electrons. The minimum atomic E-state index is 0.117. The normalized spacial score (nSPS) is 11.7. The van der Waals surface area contributed by atoms with Gasteiger partial charge in [0.05, 0.1) is 11.0 Å². The molecule has 0 aliphatic carbocycles. The highest BCUT2D eigenvalue weighted by Crippen LogP contribution is 2.23. The number of fused-ring (bicyclic) bond motifs is 1. The maximum absolute atomic E-state index is 13.7. The Labute approximate surface area is 234 Å². The molecule has 0 spiro atoms. The molecule has 0 unspecified atom stereocenters. The van der Waals surface area contributed by atoms with E-state index in [4.69, 9.17) is 16.6 Å². The number of carbonyl (C=O) groups is 1. The number of hydrogen-bond acceptors (Lipinski definition) is 4. The number of aryl methyl sites for hydroxylation is 1. The van der Waals surface area contributed by atoms with Gasteiger partial charge in [-0.15, -0.1) is 0 Å². The van der Waals surface area contributed by atoms with E-state index in [0.29, 0.717) is 11.8 Å². The van der Waals surface area contributed by atoms with Gasteiger partial charge in [0.25, 0.3) is 5.91 Å². The highest BCUT2D eigenvalue weighted by atomic mass is 35.5. The van der Waals surface area contributed by atoms with Crippen molar-refractivity contribution in [1.29, 1.82) is 0 Å². The van der Waals surface area contributed by atoms with Crippen LogP contribution in [0.3, 0.4) is 0 Å². The molecule has 3 aromatic rings. The lowest BCUT2D eigenvalue weighted by atomic mass is 10.1. The summed E-state index contributed by atoms with van der Waals surface area (Å²) in [5.41, 5.74) is 3.90. The summed E-state index contributed by atoms with van der Waals surface area (Å²) >= 11 is 6.04. The number of rotatable bonds is 15. The van der Waals surface area contributed by atoms with Crippen LogP contribution >= 0.6 is 11.6 Å². The first-order chi connectivity index (χ1) is 18.1. The fraction of sp³-hybridized carbons (Fsp3) is 0.548. The Balaban J connectivity index is 1.84. The fourth-order valence-corrected chi connectivity index (χ4v) is 4.58. The number of aromatic nitrogens is 2. The SMILES string of the molecule is CC(C)CCN(CCC(C)C)C(=O)c1ccc2nc(NCCc3ccc(Cl)cc3)n(CCCN(C)C)c2c1. The zero-order chi connectivity index (χ0) is 27.7. The quantitative estimate of drug-likeness (QED) is 0.230. The highest BCUT2D eigenvalue weighted by Gasteiger charge is 2.19. The van der Waals surface area contributed by atoms with E-state index in [1.807, 2.05) is 35.2 Å². The first-order valence-corrected chi connectivity index (χ1v) is 14.4. The molecule has 2 aromatic carbocycles. The molecule has 1 heterocycles. The molecule has 7 heteroatoms. The van der Waals surface area contributed by atoms with E-state index in [1.54, 1.807) is 0 Å². The zero-order valence-corrected chi connectivity index (χ0v) is 24.9. The van der Waals surface area contributed by atoms with Gasteiger partial charge in [0, 0.05) is 36.8 Å². The topological polar surface area (TPSA) is 53.4 Å². The predicted octanol–water partition coefficient (Wildman–Crippen LogP) is 6.83. The van der Waals surface area contributed by atoms with E-state index < -0.39 is 0 Å². The lowest BCUT2D eigenvalue weighted by molar-refractivity contribution is 0.0741. The van der Waals surface area contributed by atoms with E-state index in [-0.39, 0.29) is 5.91 Å². The summed E-state index contributed by atoms with van der Waals surface area (Å²) in [6.45, 7) is 13.0. The van der Waals surface area contributed by atoms with Crippen molar-refractivity contribution < 1.29 is 4.79 Å². The van der Waals surface area contributed by atoms with Crippen molar-refractivity contribution >= 4 is 34.5 Å². The van der Waals surface area contributed by atoms with Crippen LogP contribution in [0, 0.1) is 11.8 Å². The average molecular weight is 540 g/mol. The maximum Gasteiger partial charge on any atom is 0.253 e. The molecule has 0 atom stereocenters. The Morgan fingerprint density at radius 1 is 0.974 bits per heavy atom.